The molecule has 15 heavy (non-hydrogen) atoms. The fraction of sp³-hybridized carbons (Fsp3) is 0.889. The first-order valence-electron chi connectivity index (χ1n) is 4.72. The lowest BCUT2D eigenvalue weighted by molar-refractivity contribution is -0.526. The van der Waals surface area contributed by atoms with Gasteiger partial charge in [-0.15, -0.1) is 0 Å². The van der Waals surface area contributed by atoms with Crippen LogP contribution in [0, 0.1) is 10.1 Å². The average Bonchev–Trinajstić information content (AvgIpc) is 2.01. The summed E-state index contributed by atoms with van der Waals surface area (Å²) in [6.45, 7) is 4.61. The van der Waals surface area contributed by atoms with Crippen molar-refractivity contribution < 1.29 is 19.6 Å². The number of nitro groups is 1. The molecule has 88 valence electrons. The van der Waals surface area contributed by atoms with Crippen LogP contribution in [-0.2, 0) is 9.53 Å². The van der Waals surface area contributed by atoms with Gasteiger partial charge in [-0.1, -0.05) is 0 Å². The number of esters is 1. The maximum Gasteiger partial charge on any atom is 0.306 e. The van der Waals surface area contributed by atoms with Gasteiger partial charge in [0, 0.05) is 11.3 Å². The average molecular weight is 219 g/mol. The van der Waals surface area contributed by atoms with Gasteiger partial charge in [0.25, 0.3) is 0 Å². The third-order valence-electron chi connectivity index (χ3n) is 1.61. The predicted molar refractivity (Wildman–Crippen MR) is 52.9 cm³/mol. The number of rotatable bonds is 5. The molecule has 6 heteroatoms. The number of aliphatic hydroxyl groups is 1. The standard InChI is InChI=1S/C9H17NO5/c1-9(2,3)15-8(12)5-4-7(6-11)10(13)14/h7,11H,4-6H2,1-3H3. The highest BCUT2D eigenvalue weighted by atomic mass is 16.6. The van der Waals surface area contributed by atoms with Gasteiger partial charge in [0.05, 0.1) is 6.42 Å². The quantitative estimate of drug-likeness (QED) is 0.418. The summed E-state index contributed by atoms with van der Waals surface area (Å²) < 4.78 is 4.97. The van der Waals surface area contributed by atoms with Crippen LogP contribution < -0.4 is 0 Å². The molecule has 0 aliphatic carbocycles. The molecule has 1 atom stereocenters. The molecule has 0 spiro atoms. The molecular weight excluding hydrogens is 202 g/mol. The zero-order chi connectivity index (χ0) is 12.1. The van der Waals surface area contributed by atoms with Crippen molar-refractivity contribution in [2.75, 3.05) is 6.61 Å². The van der Waals surface area contributed by atoms with Crippen LogP contribution in [-0.4, -0.2) is 34.2 Å². The highest BCUT2D eigenvalue weighted by Crippen LogP contribution is 2.10. The van der Waals surface area contributed by atoms with Crippen LogP contribution in [0.15, 0.2) is 0 Å². The van der Waals surface area contributed by atoms with Gasteiger partial charge >= 0.3 is 5.97 Å². The van der Waals surface area contributed by atoms with Gasteiger partial charge in [-0.3, -0.25) is 14.9 Å². The molecular formula is C9H17NO5. The van der Waals surface area contributed by atoms with Gasteiger partial charge in [-0.25, -0.2) is 0 Å². The molecule has 0 aliphatic rings. The van der Waals surface area contributed by atoms with Gasteiger partial charge < -0.3 is 9.84 Å². The molecule has 0 saturated heterocycles. The fourth-order valence-electron chi connectivity index (χ4n) is 0.940. The summed E-state index contributed by atoms with van der Waals surface area (Å²) in [6, 6.07) is -1.09. The predicted octanol–water partition coefficient (Wildman–Crippen LogP) is 0.746. The molecule has 0 aromatic carbocycles. The Kier molecular flexibility index (Phi) is 5.21. The Morgan fingerprint density at radius 2 is 2.07 bits per heavy atom. The lowest BCUT2D eigenvalue weighted by Gasteiger charge is -2.19. The van der Waals surface area contributed by atoms with E-state index in [2.05, 4.69) is 0 Å². The Morgan fingerprint density at radius 1 is 1.53 bits per heavy atom. The lowest BCUT2D eigenvalue weighted by atomic mass is 10.1. The van der Waals surface area contributed by atoms with E-state index in [0.29, 0.717) is 0 Å². The summed E-state index contributed by atoms with van der Waals surface area (Å²) in [4.78, 5) is 20.9. The van der Waals surface area contributed by atoms with Gasteiger partial charge in [-0.05, 0) is 20.8 Å². The first kappa shape index (κ1) is 13.8. The van der Waals surface area contributed by atoms with Crippen LogP contribution >= 0.6 is 0 Å². The van der Waals surface area contributed by atoms with Gasteiger partial charge in [0.1, 0.15) is 12.2 Å². The van der Waals surface area contributed by atoms with Crippen molar-refractivity contribution in [2.45, 2.75) is 45.3 Å². The second-order valence-electron chi connectivity index (χ2n) is 4.25. The molecule has 1 N–H and O–H groups in total. The normalized spacial score (nSPS) is 13.3. The molecule has 0 aromatic heterocycles. The Morgan fingerprint density at radius 3 is 2.40 bits per heavy atom. The molecule has 6 nitrogen and oxygen atoms in total. The van der Waals surface area contributed by atoms with E-state index in [4.69, 9.17) is 9.84 Å². The van der Waals surface area contributed by atoms with Crippen LogP contribution in [0.3, 0.4) is 0 Å². The molecule has 0 bridgehead atoms. The molecule has 0 aliphatic heterocycles. The summed E-state index contributed by atoms with van der Waals surface area (Å²) in [6.07, 6.45) is -0.0537. The number of aliphatic hydroxyl groups excluding tert-OH is 1. The maximum atomic E-state index is 11.2. The zero-order valence-electron chi connectivity index (χ0n) is 9.23. The molecule has 0 radical (unpaired) electrons. The van der Waals surface area contributed by atoms with E-state index in [1.54, 1.807) is 20.8 Å². The van der Waals surface area contributed by atoms with Gasteiger partial charge in [0.2, 0.25) is 6.04 Å². The topological polar surface area (TPSA) is 89.7 Å². The molecule has 0 fully saturated rings. The summed E-state index contributed by atoms with van der Waals surface area (Å²) >= 11 is 0. The van der Waals surface area contributed by atoms with Gasteiger partial charge in [0.15, 0.2) is 0 Å². The van der Waals surface area contributed by atoms with E-state index in [0.717, 1.165) is 0 Å². The fourth-order valence-corrected chi connectivity index (χ4v) is 0.940. The van der Waals surface area contributed by atoms with Crippen LogP contribution in [0.4, 0.5) is 0 Å². The molecule has 1 unspecified atom stereocenters. The Hall–Kier alpha value is -1.17. The summed E-state index contributed by atoms with van der Waals surface area (Å²) in [5, 5.41) is 19.0. The zero-order valence-corrected chi connectivity index (χ0v) is 9.23. The molecule has 0 heterocycles. The van der Waals surface area contributed by atoms with Crippen molar-refractivity contribution in [3.63, 3.8) is 0 Å². The van der Waals surface area contributed by atoms with Gasteiger partial charge in [-0.2, -0.15) is 0 Å². The number of hydrogen-bond acceptors (Lipinski definition) is 5. The van der Waals surface area contributed by atoms with E-state index < -0.39 is 29.1 Å². The number of ether oxygens (including phenoxy) is 1. The summed E-state index contributed by atoms with van der Waals surface area (Å²) in [7, 11) is 0. The lowest BCUT2D eigenvalue weighted by Crippen LogP contribution is -2.27. The van der Waals surface area contributed by atoms with Crippen molar-refractivity contribution in [2.24, 2.45) is 0 Å². The van der Waals surface area contributed by atoms with E-state index in [-0.39, 0.29) is 12.8 Å². The first-order chi connectivity index (χ1) is 6.76. The van der Waals surface area contributed by atoms with Crippen molar-refractivity contribution in [1.82, 2.24) is 0 Å². The largest absolute Gasteiger partial charge is 0.460 e. The van der Waals surface area contributed by atoms with Crippen molar-refractivity contribution >= 4 is 5.97 Å². The minimum atomic E-state index is -1.09. The van der Waals surface area contributed by atoms with Crippen LogP contribution in [0.25, 0.3) is 0 Å². The molecule has 0 rings (SSSR count). The van der Waals surface area contributed by atoms with Crippen molar-refractivity contribution in [3.8, 4) is 0 Å². The highest BCUT2D eigenvalue weighted by molar-refractivity contribution is 5.69. The van der Waals surface area contributed by atoms with E-state index >= 15 is 0 Å². The third-order valence-corrected chi connectivity index (χ3v) is 1.61. The van der Waals surface area contributed by atoms with E-state index in [9.17, 15) is 14.9 Å². The van der Waals surface area contributed by atoms with E-state index in [1.165, 1.54) is 0 Å². The van der Waals surface area contributed by atoms with E-state index in [1.807, 2.05) is 0 Å². The number of hydrogen-bond donors (Lipinski definition) is 1. The van der Waals surface area contributed by atoms with Crippen LogP contribution in [0.1, 0.15) is 33.6 Å². The number of nitrogens with zero attached hydrogens (tertiary/aromatic N) is 1. The van der Waals surface area contributed by atoms with Crippen molar-refractivity contribution in [1.29, 1.82) is 0 Å². The second-order valence-corrected chi connectivity index (χ2v) is 4.25. The van der Waals surface area contributed by atoms with Crippen molar-refractivity contribution in [3.05, 3.63) is 10.1 Å². The Balaban J connectivity index is 3.94. The smallest absolute Gasteiger partial charge is 0.306 e. The molecule has 0 aromatic rings. The minimum absolute atomic E-state index is 0.00157. The first-order valence-corrected chi connectivity index (χ1v) is 4.72. The molecule has 0 amide bonds. The SMILES string of the molecule is CC(C)(C)OC(=O)CCC(CO)[N+](=O)[O-]. The second kappa shape index (κ2) is 5.65. The van der Waals surface area contributed by atoms with Crippen LogP contribution in [0.5, 0.6) is 0 Å². The summed E-state index contributed by atoms with van der Waals surface area (Å²) in [5.41, 5.74) is -0.583. The Labute approximate surface area is 88.4 Å². The highest BCUT2D eigenvalue weighted by Gasteiger charge is 2.22. The third kappa shape index (κ3) is 6.84. The number of carbonyl (C=O) groups is 1. The Bertz CT molecular complexity index is 233. The molecule has 0 saturated carbocycles. The number of carbonyl (C=O) groups excluding carboxylic acids is 1. The monoisotopic (exact) mass is 219 g/mol. The minimum Gasteiger partial charge on any atom is -0.460 e. The summed E-state index contributed by atoms with van der Waals surface area (Å²) in [5.74, 6) is -0.484. The van der Waals surface area contributed by atoms with Crippen LogP contribution in [0.2, 0.25) is 0 Å². The maximum absolute atomic E-state index is 11.2.